The van der Waals surface area contributed by atoms with Crippen LogP contribution < -0.4 is 4.52 Å². The van der Waals surface area contributed by atoms with Crippen LogP contribution in [-0.2, 0) is 18.4 Å². The van der Waals surface area contributed by atoms with Gasteiger partial charge in [-0.2, -0.15) is 0 Å². The number of rotatable bonds is 4. The van der Waals surface area contributed by atoms with Crippen molar-refractivity contribution in [2.24, 2.45) is 0 Å². The maximum atomic E-state index is 12.5. The SMILES string of the molecule is CC(=O)C1=C(C)OP2(Oc3ccccc3)(OCCO2)[C@H]1c1ccccc1. The van der Waals surface area contributed by atoms with Crippen LogP contribution in [-0.4, -0.2) is 19.0 Å². The van der Waals surface area contributed by atoms with Crippen LogP contribution in [0.4, 0.5) is 0 Å². The van der Waals surface area contributed by atoms with Crippen LogP contribution in [0.1, 0.15) is 25.1 Å². The predicted octanol–water partition coefficient (Wildman–Crippen LogP) is 4.96. The molecule has 6 heteroatoms. The van der Waals surface area contributed by atoms with Gasteiger partial charge in [0, 0.05) is 0 Å². The van der Waals surface area contributed by atoms with Crippen LogP contribution in [0.2, 0.25) is 0 Å². The molecule has 2 aromatic rings. The van der Waals surface area contributed by atoms with Gasteiger partial charge in [-0.3, -0.25) is 0 Å². The van der Waals surface area contributed by atoms with E-state index in [-0.39, 0.29) is 5.78 Å². The van der Waals surface area contributed by atoms with Crippen LogP contribution in [0, 0.1) is 0 Å². The fourth-order valence-corrected chi connectivity index (χ4v) is 7.85. The van der Waals surface area contributed by atoms with Crippen molar-refractivity contribution < 1.29 is 22.9 Å². The van der Waals surface area contributed by atoms with Gasteiger partial charge in [0.25, 0.3) is 0 Å². The van der Waals surface area contributed by atoms with E-state index in [1.807, 2.05) is 60.7 Å². The molecule has 2 aliphatic heterocycles. The van der Waals surface area contributed by atoms with Crippen molar-refractivity contribution in [1.29, 1.82) is 0 Å². The number of carbonyl (C=O) groups excluding carboxylic acids is 1. The number of allylic oxidation sites excluding steroid dienone is 2. The number of hydrogen-bond acceptors (Lipinski definition) is 5. The van der Waals surface area contributed by atoms with Gasteiger partial charge in [0.05, 0.1) is 0 Å². The van der Waals surface area contributed by atoms with E-state index < -0.39 is 13.2 Å². The van der Waals surface area contributed by atoms with Crippen molar-refractivity contribution in [3.63, 3.8) is 0 Å². The van der Waals surface area contributed by atoms with E-state index in [0.717, 1.165) is 5.56 Å². The van der Waals surface area contributed by atoms with Gasteiger partial charge in [-0.15, -0.1) is 0 Å². The Kier molecular flexibility index (Phi) is 4.11. The topological polar surface area (TPSA) is 54.0 Å². The first-order valence-corrected chi connectivity index (χ1v) is 10.6. The van der Waals surface area contributed by atoms with Crippen LogP contribution in [0.25, 0.3) is 0 Å². The first-order valence-electron chi connectivity index (χ1n) is 8.58. The summed E-state index contributed by atoms with van der Waals surface area (Å²) in [5, 5.41) is 0. The second-order valence-corrected chi connectivity index (χ2v) is 9.51. The molecule has 0 saturated carbocycles. The Morgan fingerprint density at radius 2 is 1.58 bits per heavy atom. The number of ketones is 1. The third-order valence-corrected chi connectivity index (χ3v) is 8.45. The fraction of sp³-hybridized carbons (Fsp3) is 0.250. The standard InChI is InChI=1S/C20H21O5P/c1-15(21)19-16(2)24-26(22-13-14-23-26,25-18-11-7-4-8-12-18)20(19)17-9-5-3-6-10-17/h3-12,20H,13-14H2,1-2H3/t20-/m0/s1. The molecule has 2 aliphatic rings. The molecule has 2 aromatic carbocycles. The zero-order chi connectivity index (χ0) is 18.2. The average molecular weight is 372 g/mol. The van der Waals surface area contributed by atoms with Crippen molar-refractivity contribution in [2.45, 2.75) is 19.5 Å². The fourth-order valence-electron chi connectivity index (χ4n) is 3.68. The summed E-state index contributed by atoms with van der Waals surface area (Å²) in [6, 6.07) is 19.0. The molecule has 0 aromatic heterocycles. The first kappa shape index (κ1) is 17.2. The van der Waals surface area contributed by atoms with Crippen molar-refractivity contribution in [3.05, 3.63) is 77.6 Å². The molecule has 0 radical (unpaired) electrons. The summed E-state index contributed by atoms with van der Waals surface area (Å²) in [5.74, 6) is 1.01. The quantitative estimate of drug-likeness (QED) is 0.710. The van der Waals surface area contributed by atoms with Crippen molar-refractivity contribution in [1.82, 2.24) is 0 Å². The molecular formula is C20H21O5P. The molecule has 26 heavy (non-hydrogen) atoms. The molecule has 5 nitrogen and oxygen atoms in total. The Labute approximate surface area is 152 Å². The molecular weight excluding hydrogens is 351 g/mol. The second kappa shape index (κ2) is 6.20. The van der Waals surface area contributed by atoms with E-state index in [9.17, 15) is 4.79 Å². The Bertz CT molecular complexity index is 856. The summed E-state index contributed by atoms with van der Waals surface area (Å²) in [6.45, 7) is 4.02. The predicted molar refractivity (Wildman–Crippen MR) is 99.5 cm³/mol. The van der Waals surface area contributed by atoms with Crippen molar-refractivity contribution in [2.75, 3.05) is 13.2 Å². The van der Waals surface area contributed by atoms with E-state index in [2.05, 4.69) is 0 Å². The Balaban J connectivity index is 1.92. The molecule has 1 spiro atoms. The summed E-state index contributed by atoms with van der Waals surface area (Å²) in [6.07, 6.45) is 0. The molecule has 0 unspecified atom stereocenters. The van der Waals surface area contributed by atoms with E-state index in [0.29, 0.717) is 30.3 Å². The van der Waals surface area contributed by atoms with Gasteiger partial charge < -0.3 is 0 Å². The Morgan fingerprint density at radius 1 is 1.00 bits per heavy atom. The molecule has 136 valence electrons. The number of para-hydroxylation sites is 1. The molecule has 4 rings (SSSR count). The average Bonchev–Trinajstić information content (AvgIpc) is 3.16. The molecule has 0 amide bonds. The van der Waals surface area contributed by atoms with Gasteiger partial charge in [0.1, 0.15) is 0 Å². The van der Waals surface area contributed by atoms with Crippen LogP contribution in [0.15, 0.2) is 72.0 Å². The van der Waals surface area contributed by atoms with Gasteiger partial charge >= 0.3 is 152 Å². The molecule has 0 bridgehead atoms. The number of Topliss-reactive ketones (excluding diaryl/α,β-unsaturated/α-hetero) is 1. The molecule has 1 atom stereocenters. The first-order chi connectivity index (χ1) is 12.5. The van der Waals surface area contributed by atoms with Gasteiger partial charge in [-0.05, 0) is 0 Å². The van der Waals surface area contributed by atoms with Crippen LogP contribution >= 0.6 is 7.51 Å². The van der Waals surface area contributed by atoms with E-state index in [1.54, 1.807) is 6.92 Å². The molecule has 1 saturated heterocycles. The molecule has 0 N–H and O–H groups in total. The molecule has 0 aliphatic carbocycles. The number of carbonyl (C=O) groups is 1. The number of benzene rings is 2. The monoisotopic (exact) mass is 372 g/mol. The van der Waals surface area contributed by atoms with Gasteiger partial charge in [-0.25, -0.2) is 0 Å². The van der Waals surface area contributed by atoms with Gasteiger partial charge in [0.2, 0.25) is 0 Å². The zero-order valence-corrected chi connectivity index (χ0v) is 15.6. The summed E-state index contributed by atoms with van der Waals surface area (Å²) >= 11 is 0. The van der Waals surface area contributed by atoms with Gasteiger partial charge in [-0.1, -0.05) is 0 Å². The normalized spacial score (nSPS) is 24.7. The molecule has 1 fully saturated rings. The third kappa shape index (κ3) is 2.55. The summed E-state index contributed by atoms with van der Waals surface area (Å²) in [5.41, 5.74) is 0.888. The zero-order valence-electron chi connectivity index (χ0n) is 14.8. The molecule has 2 heterocycles. The summed E-state index contributed by atoms with van der Waals surface area (Å²) < 4.78 is 25.0. The van der Waals surface area contributed by atoms with Crippen LogP contribution in [0.3, 0.4) is 0 Å². The maximum absolute atomic E-state index is 12.5. The van der Waals surface area contributed by atoms with Crippen molar-refractivity contribution >= 4 is 13.3 Å². The summed E-state index contributed by atoms with van der Waals surface area (Å²) in [7, 11) is -4.12. The minimum absolute atomic E-state index is 0.0754. The third-order valence-electron chi connectivity index (χ3n) is 4.61. The van der Waals surface area contributed by atoms with Crippen molar-refractivity contribution in [3.8, 4) is 5.75 Å². The van der Waals surface area contributed by atoms with E-state index >= 15 is 0 Å². The Morgan fingerprint density at radius 3 is 2.15 bits per heavy atom. The van der Waals surface area contributed by atoms with E-state index in [4.69, 9.17) is 18.1 Å². The summed E-state index contributed by atoms with van der Waals surface area (Å²) in [4.78, 5) is 12.5. The second-order valence-electron chi connectivity index (χ2n) is 6.37. The van der Waals surface area contributed by atoms with Crippen LogP contribution in [0.5, 0.6) is 5.75 Å². The minimum atomic E-state index is -4.12. The number of hydrogen-bond donors (Lipinski definition) is 0. The van der Waals surface area contributed by atoms with Gasteiger partial charge in [0.15, 0.2) is 0 Å². The Hall–Kier alpha value is -2.20. The van der Waals surface area contributed by atoms with E-state index in [1.165, 1.54) is 6.92 Å².